The predicted molar refractivity (Wildman–Crippen MR) is 111 cm³/mol. The summed E-state index contributed by atoms with van der Waals surface area (Å²) in [5.41, 5.74) is 2.43. The van der Waals surface area contributed by atoms with Crippen molar-refractivity contribution < 1.29 is 4.39 Å². The summed E-state index contributed by atoms with van der Waals surface area (Å²) in [6.07, 6.45) is 1.74. The number of halogens is 3. The number of rotatable bonds is 4. The van der Waals surface area contributed by atoms with Crippen molar-refractivity contribution in [1.29, 1.82) is 0 Å². The summed E-state index contributed by atoms with van der Waals surface area (Å²) in [5, 5.41) is 11.3. The van der Waals surface area contributed by atoms with Crippen LogP contribution in [0.5, 0.6) is 0 Å². The molecule has 134 valence electrons. The molecular weight excluding hydrogens is 439 g/mol. The van der Waals surface area contributed by atoms with Crippen molar-refractivity contribution in [1.82, 2.24) is 9.78 Å². The minimum atomic E-state index is -0.366. The van der Waals surface area contributed by atoms with E-state index in [1.54, 1.807) is 23.0 Å². The van der Waals surface area contributed by atoms with Crippen LogP contribution in [-0.2, 0) is 6.54 Å². The molecule has 0 saturated carbocycles. The first-order chi connectivity index (χ1) is 12.4. The molecule has 0 aliphatic rings. The Morgan fingerprint density at radius 3 is 2.65 bits per heavy atom. The molecule has 3 rings (SSSR count). The highest BCUT2D eigenvalue weighted by Gasteiger charge is 2.12. The number of hydrogen-bond donors (Lipinski definition) is 2. The minimum Gasteiger partial charge on any atom is -0.332 e. The van der Waals surface area contributed by atoms with Gasteiger partial charge in [-0.3, -0.25) is 4.68 Å². The lowest BCUT2D eigenvalue weighted by atomic mass is 10.2. The normalized spacial score (nSPS) is 10.6. The van der Waals surface area contributed by atoms with Gasteiger partial charge in [-0.05, 0) is 59.3 Å². The second kappa shape index (κ2) is 8.16. The van der Waals surface area contributed by atoms with Gasteiger partial charge in [0, 0.05) is 22.5 Å². The molecule has 0 unspecified atom stereocenters. The zero-order valence-corrected chi connectivity index (χ0v) is 16.9. The van der Waals surface area contributed by atoms with E-state index in [1.807, 2.05) is 31.2 Å². The third-order valence-corrected chi connectivity index (χ3v) is 4.78. The largest absolute Gasteiger partial charge is 0.332 e. The van der Waals surface area contributed by atoms with E-state index >= 15 is 0 Å². The van der Waals surface area contributed by atoms with E-state index in [0.717, 1.165) is 5.69 Å². The number of aromatic nitrogens is 2. The molecule has 0 spiro atoms. The molecule has 0 bridgehead atoms. The molecule has 0 aliphatic carbocycles. The van der Waals surface area contributed by atoms with E-state index in [-0.39, 0.29) is 12.4 Å². The third-order valence-electron chi connectivity index (χ3n) is 3.64. The molecule has 2 N–H and O–H groups in total. The van der Waals surface area contributed by atoms with E-state index in [2.05, 4.69) is 31.7 Å². The van der Waals surface area contributed by atoms with Gasteiger partial charge >= 0.3 is 0 Å². The number of benzene rings is 2. The fourth-order valence-corrected chi connectivity index (χ4v) is 3.17. The Hall–Kier alpha value is -1.96. The monoisotopic (exact) mass is 452 g/mol. The average Bonchev–Trinajstić information content (AvgIpc) is 2.93. The Morgan fingerprint density at radius 1 is 1.23 bits per heavy atom. The van der Waals surface area contributed by atoms with Crippen LogP contribution >= 0.6 is 39.7 Å². The van der Waals surface area contributed by atoms with Crippen LogP contribution in [0.15, 0.2) is 53.1 Å². The van der Waals surface area contributed by atoms with Gasteiger partial charge in [0.2, 0.25) is 0 Å². The summed E-state index contributed by atoms with van der Waals surface area (Å²) in [6.45, 7) is 2.23. The van der Waals surface area contributed by atoms with Crippen LogP contribution in [0.2, 0.25) is 5.02 Å². The van der Waals surface area contributed by atoms with Crippen molar-refractivity contribution >= 4 is 56.4 Å². The van der Waals surface area contributed by atoms with Crippen LogP contribution in [0.1, 0.15) is 11.1 Å². The highest BCUT2D eigenvalue weighted by Crippen LogP contribution is 2.24. The molecule has 1 aromatic heterocycles. The molecule has 3 aromatic rings. The lowest BCUT2D eigenvalue weighted by molar-refractivity contribution is 0.586. The number of thiocarbonyl (C=S) groups is 1. The molecule has 1 heterocycles. The fourth-order valence-electron chi connectivity index (χ4n) is 2.31. The van der Waals surface area contributed by atoms with Crippen molar-refractivity contribution in [3.63, 3.8) is 0 Å². The molecule has 0 amide bonds. The number of nitrogens with zero attached hydrogens (tertiary/aromatic N) is 2. The fraction of sp³-hybridized carbons (Fsp3) is 0.111. The lowest BCUT2D eigenvalue weighted by Gasteiger charge is -2.09. The highest BCUT2D eigenvalue weighted by atomic mass is 79.9. The maximum atomic E-state index is 13.9. The summed E-state index contributed by atoms with van der Waals surface area (Å²) in [4.78, 5) is 0. The van der Waals surface area contributed by atoms with E-state index in [9.17, 15) is 4.39 Å². The van der Waals surface area contributed by atoms with E-state index in [0.29, 0.717) is 26.0 Å². The minimum absolute atomic E-state index is 0.212. The van der Waals surface area contributed by atoms with Crippen LogP contribution in [-0.4, -0.2) is 14.9 Å². The van der Waals surface area contributed by atoms with Crippen LogP contribution < -0.4 is 10.6 Å². The lowest BCUT2D eigenvalue weighted by Crippen LogP contribution is -2.19. The highest BCUT2D eigenvalue weighted by molar-refractivity contribution is 9.10. The Labute approximate surface area is 169 Å². The third kappa shape index (κ3) is 4.60. The Kier molecular flexibility index (Phi) is 5.90. The SMILES string of the molecule is Cc1ccc(NC(=S)Nc2nn(Cc3c(F)cccc3Cl)cc2Br)cc1. The van der Waals surface area contributed by atoms with Crippen molar-refractivity contribution in [2.75, 3.05) is 10.6 Å². The molecule has 2 aromatic carbocycles. The second-order valence-electron chi connectivity index (χ2n) is 5.67. The van der Waals surface area contributed by atoms with Crippen LogP contribution in [0.4, 0.5) is 15.9 Å². The quantitative estimate of drug-likeness (QED) is 0.504. The van der Waals surface area contributed by atoms with Crippen molar-refractivity contribution in [3.8, 4) is 0 Å². The standard InChI is InChI=1S/C18H15BrClFN4S/c1-11-5-7-12(8-6-11)22-18(26)23-17-14(19)10-25(24-17)9-13-15(20)3-2-4-16(13)21/h2-8,10H,9H2,1H3,(H2,22,23,24,26). The molecule has 8 heteroatoms. The van der Waals surface area contributed by atoms with Gasteiger partial charge in [0.05, 0.1) is 11.0 Å². The molecule has 26 heavy (non-hydrogen) atoms. The summed E-state index contributed by atoms with van der Waals surface area (Å²) in [5.74, 6) is 0.164. The Balaban J connectivity index is 1.70. The Morgan fingerprint density at radius 2 is 1.96 bits per heavy atom. The van der Waals surface area contributed by atoms with Crippen molar-refractivity contribution in [2.45, 2.75) is 13.5 Å². The molecule has 0 atom stereocenters. The van der Waals surface area contributed by atoms with Crippen LogP contribution in [0.25, 0.3) is 0 Å². The van der Waals surface area contributed by atoms with E-state index in [4.69, 9.17) is 23.8 Å². The van der Waals surface area contributed by atoms with Gasteiger partial charge in [0.1, 0.15) is 5.82 Å². The summed E-state index contributed by atoms with van der Waals surface area (Å²) in [7, 11) is 0. The number of aryl methyl sites for hydroxylation is 1. The van der Waals surface area contributed by atoms with Gasteiger partial charge in [-0.15, -0.1) is 0 Å². The van der Waals surface area contributed by atoms with E-state index in [1.165, 1.54) is 11.6 Å². The predicted octanol–water partition coefficient (Wildman–Crippen LogP) is 5.60. The number of nitrogens with one attached hydrogen (secondary N) is 2. The summed E-state index contributed by atoms with van der Waals surface area (Å²) < 4.78 is 16.2. The molecule has 0 radical (unpaired) electrons. The number of hydrogen-bond acceptors (Lipinski definition) is 2. The zero-order valence-electron chi connectivity index (χ0n) is 13.8. The molecular formula is C18H15BrClFN4S. The Bertz CT molecular complexity index is 923. The summed E-state index contributed by atoms with van der Waals surface area (Å²) in [6, 6.07) is 12.5. The van der Waals surface area contributed by atoms with Crippen LogP contribution in [0.3, 0.4) is 0 Å². The first-order valence-electron chi connectivity index (χ1n) is 7.73. The second-order valence-corrected chi connectivity index (χ2v) is 7.34. The van der Waals surface area contributed by atoms with Gasteiger partial charge < -0.3 is 10.6 Å². The van der Waals surface area contributed by atoms with Crippen molar-refractivity contribution in [3.05, 3.63) is 75.1 Å². The number of anilines is 2. The molecule has 0 saturated heterocycles. The topological polar surface area (TPSA) is 41.9 Å². The molecule has 0 fully saturated rings. The smallest absolute Gasteiger partial charge is 0.176 e. The maximum Gasteiger partial charge on any atom is 0.176 e. The molecule has 0 aliphatic heterocycles. The average molecular weight is 454 g/mol. The van der Waals surface area contributed by atoms with Crippen LogP contribution in [0, 0.1) is 12.7 Å². The molecule has 4 nitrogen and oxygen atoms in total. The van der Waals surface area contributed by atoms with Gasteiger partial charge in [-0.2, -0.15) is 5.10 Å². The van der Waals surface area contributed by atoms with Gasteiger partial charge in [-0.1, -0.05) is 35.4 Å². The van der Waals surface area contributed by atoms with Gasteiger partial charge in [0.15, 0.2) is 10.9 Å². The van der Waals surface area contributed by atoms with Gasteiger partial charge in [0.25, 0.3) is 0 Å². The first-order valence-corrected chi connectivity index (χ1v) is 9.31. The van der Waals surface area contributed by atoms with Gasteiger partial charge in [-0.25, -0.2) is 4.39 Å². The van der Waals surface area contributed by atoms with Crippen molar-refractivity contribution in [2.24, 2.45) is 0 Å². The van der Waals surface area contributed by atoms with E-state index < -0.39 is 0 Å². The first kappa shape index (κ1) is 18.8. The zero-order chi connectivity index (χ0) is 18.7. The summed E-state index contributed by atoms with van der Waals surface area (Å²) >= 11 is 14.8. The maximum absolute atomic E-state index is 13.9.